The summed E-state index contributed by atoms with van der Waals surface area (Å²) < 4.78 is 5.57. The van der Waals surface area contributed by atoms with Crippen molar-refractivity contribution in [2.45, 2.75) is 32.9 Å². The fourth-order valence-electron chi connectivity index (χ4n) is 2.29. The molecule has 3 nitrogen and oxygen atoms in total. The molecule has 3 heteroatoms. The second kappa shape index (κ2) is 6.21. The summed E-state index contributed by atoms with van der Waals surface area (Å²) in [5.41, 5.74) is 4.16. The number of rotatable bonds is 6. The Morgan fingerprint density at radius 1 is 1.39 bits per heavy atom. The van der Waals surface area contributed by atoms with E-state index in [1.165, 1.54) is 16.8 Å². The van der Waals surface area contributed by atoms with Gasteiger partial charge in [0.2, 0.25) is 0 Å². The van der Waals surface area contributed by atoms with Crippen LogP contribution in [0.1, 0.15) is 25.0 Å². The fraction of sp³-hybridized carbons (Fsp3) is 0.600. The van der Waals surface area contributed by atoms with Crippen LogP contribution in [0, 0.1) is 0 Å². The molecule has 0 unspecified atom stereocenters. The van der Waals surface area contributed by atoms with E-state index in [1.54, 1.807) is 0 Å². The van der Waals surface area contributed by atoms with Crippen molar-refractivity contribution >= 4 is 5.69 Å². The van der Waals surface area contributed by atoms with Crippen LogP contribution in [0.4, 0.5) is 5.69 Å². The van der Waals surface area contributed by atoms with E-state index in [-0.39, 0.29) is 0 Å². The molecule has 0 saturated heterocycles. The van der Waals surface area contributed by atoms with Gasteiger partial charge in [-0.25, -0.2) is 0 Å². The zero-order chi connectivity index (χ0) is 13.0. The van der Waals surface area contributed by atoms with Gasteiger partial charge in [0.15, 0.2) is 0 Å². The third kappa shape index (κ3) is 3.72. The number of anilines is 1. The first kappa shape index (κ1) is 13.4. The standard InChI is InChI=1S/C15H24N2O/c1-12(2)18-9-8-17(3)11-13-4-5-15-14(10-13)6-7-16-15/h4-5,10,12,16H,6-9,11H2,1-3H3. The second-order valence-corrected chi connectivity index (χ2v) is 5.33. The Balaban J connectivity index is 1.82. The molecule has 100 valence electrons. The van der Waals surface area contributed by atoms with Crippen molar-refractivity contribution in [1.29, 1.82) is 0 Å². The molecule has 0 fully saturated rings. The summed E-state index contributed by atoms with van der Waals surface area (Å²) in [6, 6.07) is 6.75. The van der Waals surface area contributed by atoms with Crippen molar-refractivity contribution in [2.24, 2.45) is 0 Å². The predicted molar refractivity (Wildman–Crippen MR) is 76.1 cm³/mol. The molecule has 0 amide bonds. The Morgan fingerprint density at radius 3 is 3.00 bits per heavy atom. The number of benzene rings is 1. The van der Waals surface area contributed by atoms with E-state index in [4.69, 9.17) is 4.74 Å². The number of hydrogen-bond donors (Lipinski definition) is 1. The molecule has 0 radical (unpaired) electrons. The Morgan fingerprint density at radius 2 is 2.22 bits per heavy atom. The van der Waals surface area contributed by atoms with Crippen LogP contribution >= 0.6 is 0 Å². The smallest absolute Gasteiger partial charge is 0.0596 e. The molecule has 18 heavy (non-hydrogen) atoms. The van der Waals surface area contributed by atoms with E-state index in [0.29, 0.717) is 6.10 Å². The van der Waals surface area contributed by atoms with Crippen molar-refractivity contribution in [1.82, 2.24) is 4.90 Å². The lowest BCUT2D eigenvalue weighted by Gasteiger charge is -2.18. The normalized spacial score (nSPS) is 14.1. The molecule has 1 N–H and O–H groups in total. The van der Waals surface area contributed by atoms with E-state index in [0.717, 1.165) is 32.7 Å². The number of fused-ring (bicyclic) bond motifs is 1. The van der Waals surface area contributed by atoms with Crippen molar-refractivity contribution in [3.8, 4) is 0 Å². The molecule has 1 heterocycles. The van der Waals surface area contributed by atoms with Crippen LogP contribution in [-0.2, 0) is 17.7 Å². The lowest BCUT2D eigenvalue weighted by Crippen LogP contribution is -2.24. The Hall–Kier alpha value is -1.06. The van der Waals surface area contributed by atoms with Gasteiger partial charge in [0.05, 0.1) is 12.7 Å². The summed E-state index contributed by atoms with van der Waals surface area (Å²) in [4.78, 5) is 2.31. The van der Waals surface area contributed by atoms with Crippen LogP contribution in [0.5, 0.6) is 0 Å². The third-order valence-corrected chi connectivity index (χ3v) is 3.26. The Kier molecular flexibility index (Phi) is 4.61. The topological polar surface area (TPSA) is 24.5 Å². The summed E-state index contributed by atoms with van der Waals surface area (Å²) in [7, 11) is 2.15. The van der Waals surface area contributed by atoms with Crippen LogP contribution in [-0.4, -0.2) is 37.7 Å². The van der Waals surface area contributed by atoms with Gasteiger partial charge in [-0.15, -0.1) is 0 Å². The molecule has 0 aromatic heterocycles. The molecule has 1 aliphatic rings. The lowest BCUT2D eigenvalue weighted by atomic mass is 10.1. The summed E-state index contributed by atoms with van der Waals surface area (Å²) >= 11 is 0. The third-order valence-electron chi connectivity index (χ3n) is 3.26. The zero-order valence-corrected chi connectivity index (χ0v) is 11.7. The minimum absolute atomic E-state index is 0.324. The van der Waals surface area contributed by atoms with Gasteiger partial charge in [-0.1, -0.05) is 12.1 Å². The monoisotopic (exact) mass is 248 g/mol. The van der Waals surface area contributed by atoms with Gasteiger partial charge in [0.1, 0.15) is 0 Å². The van der Waals surface area contributed by atoms with Gasteiger partial charge in [-0.05, 0) is 44.5 Å². The van der Waals surface area contributed by atoms with E-state index >= 15 is 0 Å². The molecule has 0 spiro atoms. The summed E-state index contributed by atoms with van der Waals surface area (Å²) in [5, 5.41) is 3.39. The molecule has 1 aromatic rings. The van der Waals surface area contributed by atoms with Crippen LogP contribution in [0.15, 0.2) is 18.2 Å². The maximum Gasteiger partial charge on any atom is 0.0596 e. The highest BCUT2D eigenvalue weighted by molar-refractivity contribution is 5.56. The number of nitrogens with one attached hydrogen (secondary N) is 1. The van der Waals surface area contributed by atoms with Crippen molar-refractivity contribution in [2.75, 3.05) is 32.1 Å². The van der Waals surface area contributed by atoms with Crippen LogP contribution in [0.3, 0.4) is 0 Å². The molecule has 0 aliphatic carbocycles. The van der Waals surface area contributed by atoms with E-state index in [9.17, 15) is 0 Å². The molecular formula is C15H24N2O. The van der Waals surface area contributed by atoms with E-state index < -0.39 is 0 Å². The number of likely N-dealkylation sites (N-methyl/N-ethyl adjacent to an activating group) is 1. The molecule has 0 bridgehead atoms. The molecule has 2 rings (SSSR count). The first-order valence-electron chi connectivity index (χ1n) is 6.81. The lowest BCUT2D eigenvalue weighted by molar-refractivity contribution is 0.0627. The second-order valence-electron chi connectivity index (χ2n) is 5.33. The van der Waals surface area contributed by atoms with E-state index in [2.05, 4.69) is 49.3 Å². The fourth-order valence-corrected chi connectivity index (χ4v) is 2.29. The highest BCUT2D eigenvalue weighted by Gasteiger charge is 2.10. The van der Waals surface area contributed by atoms with Gasteiger partial charge >= 0.3 is 0 Å². The Labute approximate surface area is 110 Å². The summed E-state index contributed by atoms with van der Waals surface area (Å²) in [6.07, 6.45) is 1.48. The quantitative estimate of drug-likeness (QED) is 0.837. The first-order valence-corrected chi connectivity index (χ1v) is 6.81. The minimum atomic E-state index is 0.324. The van der Waals surface area contributed by atoms with Crippen molar-refractivity contribution in [3.63, 3.8) is 0 Å². The van der Waals surface area contributed by atoms with Gasteiger partial charge in [0.25, 0.3) is 0 Å². The predicted octanol–water partition coefficient (Wildman–Crippen LogP) is 2.51. The van der Waals surface area contributed by atoms with Crippen molar-refractivity contribution in [3.05, 3.63) is 29.3 Å². The molecule has 1 aromatic carbocycles. The molecule has 0 atom stereocenters. The highest BCUT2D eigenvalue weighted by atomic mass is 16.5. The minimum Gasteiger partial charge on any atom is -0.384 e. The van der Waals surface area contributed by atoms with Crippen molar-refractivity contribution < 1.29 is 4.74 Å². The van der Waals surface area contributed by atoms with Gasteiger partial charge in [-0.3, -0.25) is 4.90 Å². The van der Waals surface area contributed by atoms with Gasteiger partial charge in [-0.2, -0.15) is 0 Å². The Bertz CT molecular complexity index is 390. The first-order chi connectivity index (χ1) is 8.65. The average Bonchev–Trinajstić information content (AvgIpc) is 2.75. The molecule has 0 saturated carbocycles. The SMILES string of the molecule is CC(C)OCCN(C)Cc1ccc2c(c1)CCN2. The summed E-state index contributed by atoms with van der Waals surface area (Å²) in [5.74, 6) is 0. The largest absolute Gasteiger partial charge is 0.384 e. The number of nitrogens with zero attached hydrogens (tertiary/aromatic N) is 1. The maximum atomic E-state index is 5.57. The number of ether oxygens (including phenoxy) is 1. The zero-order valence-electron chi connectivity index (χ0n) is 11.7. The molecule has 1 aliphatic heterocycles. The summed E-state index contributed by atoms with van der Waals surface area (Å²) in [6.45, 7) is 8.01. The maximum absolute atomic E-state index is 5.57. The van der Waals surface area contributed by atoms with Crippen LogP contribution in [0.2, 0.25) is 0 Å². The van der Waals surface area contributed by atoms with Crippen LogP contribution < -0.4 is 5.32 Å². The van der Waals surface area contributed by atoms with Gasteiger partial charge in [0, 0.05) is 25.3 Å². The molecular weight excluding hydrogens is 224 g/mol. The number of hydrogen-bond acceptors (Lipinski definition) is 3. The van der Waals surface area contributed by atoms with Crippen LogP contribution in [0.25, 0.3) is 0 Å². The van der Waals surface area contributed by atoms with E-state index in [1.807, 2.05) is 0 Å². The van der Waals surface area contributed by atoms with Gasteiger partial charge < -0.3 is 10.1 Å². The average molecular weight is 248 g/mol. The highest BCUT2D eigenvalue weighted by Crippen LogP contribution is 2.23.